The molecule has 72 valence electrons. The highest BCUT2D eigenvalue weighted by Crippen LogP contribution is 2.60. The van der Waals surface area contributed by atoms with E-state index in [1.54, 1.807) is 0 Å². The van der Waals surface area contributed by atoms with Gasteiger partial charge >= 0.3 is 11.9 Å². The minimum absolute atomic E-state index is 0.00130. The lowest BCUT2D eigenvalue weighted by Gasteiger charge is -2.20. The number of hydrogen-bond acceptors (Lipinski definition) is 3. The van der Waals surface area contributed by atoms with Crippen LogP contribution in [0.5, 0.6) is 0 Å². The van der Waals surface area contributed by atoms with E-state index in [-0.39, 0.29) is 17.8 Å². The lowest BCUT2D eigenvalue weighted by atomic mass is 9.92. The number of aliphatic carboxylic acids is 2. The van der Waals surface area contributed by atoms with E-state index in [1.165, 1.54) is 0 Å². The molecule has 0 bridgehead atoms. The molecule has 2 atom stereocenters. The Hall–Kier alpha value is -1.10. The molecule has 0 spiro atoms. The Morgan fingerprint density at radius 3 is 2.00 bits per heavy atom. The summed E-state index contributed by atoms with van der Waals surface area (Å²) in [6.45, 7) is 0. The maximum absolute atomic E-state index is 10.7. The molecule has 2 fully saturated rings. The molecule has 0 aromatic carbocycles. The minimum atomic E-state index is -1.17. The second kappa shape index (κ2) is 2.23. The van der Waals surface area contributed by atoms with Crippen LogP contribution in [0.2, 0.25) is 0 Å². The van der Waals surface area contributed by atoms with Crippen LogP contribution in [0.1, 0.15) is 12.8 Å². The standard InChI is InChI=1S/C8H11NO4/c9-8(7(12)13)1-3-4(2-8)5(3)6(10)11/h3-5H,1-2,9H2,(H,10,11)(H,12,13). The van der Waals surface area contributed by atoms with Gasteiger partial charge in [0.25, 0.3) is 0 Å². The summed E-state index contributed by atoms with van der Waals surface area (Å²) in [5, 5.41) is 17.4. The molecule has 2 unspecified atom stereocenters. The van der Waals surface area contributed by atoms with Gasteiger partial charge in [-0.2, -0.15) is 0 Å². The highest BCUT2D eigenvalue weighted by Gasteiger charge is 2.65. The van der Waals surface area contributed by atoms with Crippen LogP contribution >= 0.6 is 0 Å². The first-order valence-corrected chi connectivity index (χ1v) is 4.21. The van der Waals surface area contributed by atoms with Crippen molar-refractivity contribution in [1.29, 1.82) is 0 Å². The van der Waals surface area contributed by atoms with Crippen molar-refractivity contribution in [1.82, 2.24) is 0 Å². The summed E-state index contributed by atoms with van der Waals surface area (Å²) in [4.78, 5) is 21.3. The van der Waals surface area contributed by atoms with Gasteiger partial charge < -0.3 is 15.9 Å². The van der Waals surface area contributed by atoms with E-state index < -0.39 is 17.5 Å². The summed E-state index contributed by atoms with van der Waals surface area (Å²) in [6.07, 6.45) is 0.619. The first-order valence-electron chi connectivity index (χ1n) is 4.21. The number of carboxylic acids is 2. The van der Waals surface area contributed by atoms with Crippen molar-refractivity contribution in [3.8, 4) is 0 Å². The lowest BCUT2D eigenvalue weighted by molar-refractivity contribution is -0.145. The van der Waals surface area contributed by atoms with E-state index in [4.69, 9.17) is 15.9 Å². The van der Waals surface area contributed by atoms with Gasteiger partial charge in [-0.3, -0.25) is 9.59 Å². The maximum Gasteiger partial charge on any atom is 0.323 e. The summed E-state index contributed by atoms with van der Waals surface area (Å²) >= 11 is 0. The van der Waals surface area contributed by atoms with Crippen molar-refractivity contribution in [3.05, 3.63) is 0 Å². The van der Waals surface area contributed by atoms with Gasteiger partial charge in [-0.15, -0.1) is 0 Å². The van der Waals surface area contributed by atoms with Gasteiger partial charge in [0.2, 0.25) is 0 Å². The fraction of sp³-hybridized carbons (Fsp3) is 0.750. The average molecular weight is 185 g/mol. The molecule has 5 nitrogen and oxygen atoms in total. The number of carbonyl (C=O) groups is 2. The van der Waals surface area contributed by atoms with E-state index in [9.17, 15) is 9.59 Å². The van der Waals surface area contributed by atoms with Crippen LogP contribution in [0, 0.1) is 17.8 Å². The molecular formula is C8H11NO4. The van der Waals surface area contributed by atoms with Gasteiger partial charge in [-0.05, 0) is 24.7 Å². The number of rotatable bonds is 2. The third kappa shape index (κ3) is 1.03. The Labute approximate surface area is 74.5 Å². The topological polar surface area (TPSA) is 101 Å². The molecule has 2 rings (SSSR count). The molecule has 0 aromatic rings. The van der Waals surface area contributed by atoms with Gasteiger partial charge in [0, 0.05) is 0 Å². The zero-order valence-corrected chi connectivity index (χ0v) is 6.93. The first-order chi connectivity index (χ1) is 5.96. The molecule has 0 saturated heterocycles. The fourth-order valence-electron chi connectivity index (χ4n) is 2.47. The Morgan fingerprint density at radius 1 is 1.23 bits per heavy atom. The molecule has 13 heavy (non-hydrogen) atoms. The van der Waals surface area contributed by atoms with Crippen molar-refractivity contribution in [2.45, 2.75) is 18.4 Å². The Bertz CT molecular complexity index is 276. The Balaban J connectivity index is 2.04. The van der Waals surface area contributed by atoms with Crippen molar-refractivity contribution in [2.24, 2.45) is 23.5 Å². The van der Waals surface area contributed by atoms with Crippen molar-refractivity contribution in [3.63, 3.8) is 0 Å². The number of hydrogen-bond donors (Lipinski definition) is 3. The third-order valence-electron chi connectivity index (χ3n) is 3.24. The third-order valence-corrected chi connectivity index (χ3v) is 3.24. The van der Waals surface area contributed by atoms with Crippen LogP contribution in [0.15, 0.2) is 0 Å². The van der Waals surface area contributed by atoms with E-state index in [0.717, 1.165) is 0 Å². The zero-order valence-electron chi connectivity index (χ0n) is 6.93. The molecule has 0 heterocycles. The number of fused-ring (bicyclic) bond motifs is 1. The SMILES string of the molecule is NC1(C(=O)O)CC2C(C1)C2C(=O)O. The average Bonchev–Trinajstić information content (AvgIpc) is 2.51. The van der Waals surface area contributed by atoms with Gasteiger partial charge in [0.1, 0.15) is 5.54 Å². The number of carboxylic acid groups (broad SMARTS) is 2. The van der Waals surface area contributed by atoms with Crippen LogP contribution in [-0.2, 0) is 9.59 Å². The number of nitrogens with two attached hydrogens (primary N) is 1. The van der Waals surface area contributed by atoms with E-state index in [1.807, 2.05) is 0 Å². The monoisotopic (exact) mass is 185 g/mol. The van der Waals surface area contributed by atoms with Crippen molar-refractivity contribution >= 4 is 11.9 Å². The molecule has 4 N–H and O–H groups in total. The van der Waals surface area contributed by atoms with Gasteiger partial charge in [0.05, 0.1) is 5.92 Å². The largest absolute Gasteiger partial charge is 0.481 e. The zero-order chi connectivity index (χ0) is 9.80. The quantitative estimate of drug-likeness (QED) is 0.539. The summed E-state index contributed by atoms with van der Waals surface area (Å²) in [6, 6.07) is 0. The highest BCUT2D eigenvalue weighted by molar-refractivity contribution is 5.82. The van der Waals surface area contributed by atoms with Crippen LogP contribution in [0.4, 0.5) is 0 Å². The molecule has 2 aliphatic carbocycles. The molecule has 2 saturated carbocycles. The molecule has 0 aromatic heterocycles. The predicted molar refractivity (Wildman–Crippen MR) is 41.9 cm³/mol. The summed E-state index contributed by atoms with van der Waals surface area (Å²) in [5.41, 5.74) is 4.43. The smallest absolute Gasteiger partial charge is 0.323 e. The second-order valence-electron chi connectivity index (χ2n) is 4.06. The molecule has 2 aliphatic rings. The minimum Gasteiger partial charge on any atom is -0.481 e. The fourth-order valence-corrected chi connectivity index (χ4v) is 2.47. The van der Waals surface area contributed by atoms with E-state index >= 15 is 0 Å². The second-order valence-corrected chi connectivity index (χ2v) is 4.06. The summed E-state index contributed by atoms with van der Waals surface area (Å²) in [5.74, 6) is -2.17. The summed E-state index contributed by atoms with van der Waals surface area (Å²) < 4.78 is 0. The highest BCUT2D eigenvalue weighted by atomic mass is 16.4. The van der Waals surface area contributed by atoms with Gasteiger partial charge in [0.15, 0.2) is 0 Å². The van der Waals surface area contributed by atoms with Gasteiger partial charge in [-0.1, -0.05) is 0 Å². The van der Waals surface area contributed by atoms with Crippen LogP contribution < -0.4 is 5.73 Å². The van der Waals surface area contributed by atoms with E-state index in [0.29, 0.717) is 12.8 Å². The molecule has 0 amide bonds. The Kier molecular flexibility index (Phi) is 1.46. The molecule has 0 aliphatic heterocycles. The molecule has 0 radical (unpaired) electrons. The van der Waals surface area contributed by atoms with Crippen LogP contribution in [-0.4, -0.2) is 27.7 Å². The summed E-state index contributed by atoms with van der Waals surface area (Å²) in [7, 11) is 0. The van der Waals surface area contributed by atoms with Crippen LogP contribution in [0.3, 0.4) is 0 Å². The van der Waals surface area contributed by atoms with E-state index in [2.05, 4.69) is 0 Å². The predicted octanol–water partition coefficient (Wildman–Crippen LogP) is -0.491. The van der Waals surface area contributed by atoms with Crippen LogP contribution in [0.25, 0.3) is 0 Å². The first kappa shape index (κ1) is 8.50. The Morgan fingerprint density at radius 2 is 1.69 bits per heavy atom. The normalized spacial score (nSPS) is 47.0. The molecular weight excluding hydrogens is 174 g/mol. The van der Waals surface area contributed by atoms with Gasteiger partial charge in [-0.25, -0.2) is 0 Å². The lowest BCUT2D eigenvalue weighted by Crippen LogP contribution is -2.47. The maximum atomic E-state index is 10.7. The molecule has 5 heteroatoms. The van der Waals surface area contributed by atoms with Crippen molar-refractivity contribution < 1.29 is 19.8 Å². The van der Waals surface area contributed by atoms with Crippen molar-refractivity contribution in [2.75, 3.05) is 0 Å².